The van der Waals surface area contributed by atoms with E-state index in [4.69, 9.17) is 14.5 Å². The number of hydrogen-bond donors (Lipinski definition) is 1. The number of pyridine rings is 1. The van der Waals surface area contributed by atoms with Crippen molar-refractivity contribution in [1.82, 2.24) is 30.0 Å². The van der Waals surface area contributed by atoms with Gasteiger partial charge in [-0.1, -0.05) is 12.1 Å². The van der Waals surface area contributed by atoms with Gasteiger partial charge in [-0.25, -0.2) is 9.97 Å². The SMILES string of the molecule is c1cncc(-c2[nH]ncc2-c2ccnc(Cc3ccc(OCCN4CCOCC4)cc3)n2)c1. The van der Waals surface area contributed by atoms with Crippen molar-refractivity contribution in [3.8, 4) is 28.3 Å². The van der Waals surface area contributed by atoms with E-state index in [2.05, 4.69) is 37.2 Å². The Hall–Kier alpha value is -3.62. The molecule has 1 aliphatic heterocycles. The summed E-state index contributed by atoms with van der Waals surface area (Å²) in [6.07, 6.45) is 7.78. The smallest absolute Gasteiger partial charge is 0.133 e. The molecule has 5 rings (SSSR count). The second-order valence-electron chi connectivity index (χ2n) is 7.88. The fourth-order valence-electron chi connectivity index (χ4n) is 3.85. The molecule has 1 saturated heterocycles. The van der Waals surface area contributed by atoms with Crippen molar-refractivity contribution in [1.29, 1.82) is 0 Å². The Morgan fingerprint density at radius 3 is 2.70 bits per heavy atom. The fourth-order valence-corrected chi connectivity index (χ4v) is 3.85. The molecule has 0 unspecified atom stereocenters. The minimum Gasteiger partial charge on any atom is -0.492 e. The van der Waals surface area contributed by atoms with E-state index < -0.39 is 0 Å². The number of nitrogens with one attached hydrogen (secondary N) is 1. The van der Waals surface area contributed by atoms with Crippen LogP contribution in [0.4, 0.5) is 0 Å². The number of benzene rings is 1. The summed E-state index contributed by atoms with van der Waals surface area (Å²) >= 11 is 0. The minimum atomic E-state index is 0.641. The van der Waals surface area contributed by atoms with Gasteiger partial charge in [0.15, 0.2) is 0 Å². The molecular weight excluding hydrogens is 416 g/mol. The molecule has 0 atom stereocenters. The molecule has 0 bridgehead atoms. The number of rotatable bonds is 8. The molecule has 1 fully saturated rings. The van der Waals surface area contributed by atoms with Crippen molar-refractivity contribution in [2.24, 2.45) is 0 Å². The van der Waals surface area contributed by atoms with Crippen molar-refractivity contribution in [3.63, 3.8) is 0 Å². The number of hydrogen-bond acceptors (Lipinski definition) is 7. The molecule has 33 heavy (non-hydrogen) atoms. The third kappa shape index (κ3) is 5.42. The lowest BCUT2D eigenvalue weighted by atomic mass is 10.1. The monoisotopic (exact) mass is 442 g/mol. The number of aromatic amines is 1. The number of ether oxygens (including phenoxy) is 2. The van der Waals surface area contributed by atoms with Crippen LogP contribution < -0.4 is 4.74 Å². The first-order valence-corrected chi connectivity index (χ1v) is 11.1. The van der Waals surface area contributed by atoms with Gasteiger partial charge < -0.3 is 9.47 Å². The Morgan fingerprint density at radius 2 is 1.88 bits per heavy atom. The standard InChI is InChI=1S/C25H26N6O2/c1-2-20(17-26-8-1)25-22(18-28-30-25)23-7-9-27-24(29-23)16-19-3-5-21(6-4-19)33-15-12-31-10-13-32-14-11-31/h1-9,17-18H,10-16H2,(H,28,30). The van der Waals surface area contributed by atoms with Gasteiger partial charge in [0.1, 0.15) is 18.2 Å². The van der Waals surface area contributed by atoms with Crippen LogP contribution in [-0.4, -0.2) is 69.5 Å². The molecule has 0 amide bonds. The van der Waals surface area contributed by atoms with Crippen molar-refractivity contribution in [2.75, 3.05) is 39.5 Å². The van der Waals surface area contributed by atoms with E-state index in [1.807, 2.05) is 36.5 Å². The highest BCUT2D eigenvalue weighted by molar-refractivity contribution is 5.77. The molecule has 3 aromatic heterocycles. The van der Waals surface area contributed by atoms with E-state index in [1.165, 1.54) is 0 Å². The summed E-state index contributed by atoms with van der Waals surface area (Å²) in [6.45, 7) is 5.16. The van der Waals surface area contributed by atoms with Gasteiger partial charge in [0.05, 0.1) is 30.8 Å². The zero-order valence-corrected chi connectivity index (χ0v) is 18.4. The Kier molecular flexibility index (Phi) is 6.65. The number of aromatic nitrogens is 5. The summed E-state index contributed by atoms with van der Waals surface area (Å²) in [6, 6.07) is 14.0. The predicted octanol–water partition coefficient (Wildman–Crippen LogP) is 3.23. The quantitative estimate of drug-likeness (QED) is 0.448. The van der Waals surface area contributed by atoms with Crippen LogP contribution in [0.3, 0.4) is 0 Å². The van der Waals surface area contributed by atoms with Crippen LogP contribution in [0.15, 0.2) is 67.3 Å². The minimum absolute atomic E-state index is 0.641. The number of nitrogens with zero attached hydrogens (tertiary/aromatic N) is 5. The first-order chi connectivity index (χ1) is 16.3. The van der Waals surface area contributed by atoms with Gasteiger partial charge >= 0.3 is 0 Å². The van der Waals surface area contributed by atoms with E-state index in [1.54, 1.807) is 18.6 Å². The summed E-state index contributed by atoms with van der Waals surface area (Å²) < 4.78 is 11.3. The average molecular weight is 443 g/mol. The maximum Gasteiger partial charge on any atom is 0.133 e. The van der Waals surface area contributed by atoms with Crippen LogP contribution in [0.5, 0.6) is 5.75 Å². The van der Waals surface area contributed by atoms with E-state index in [-0.39, 0.29) is 0 Å². The highest BCUT2D eigenvalue weighted by atomic mass is 16.5. The van der Waals surface area contributed by atoms with Crippen molar-refractivity contribution in [2.45, 2.75) is 6.42 Å². The van der Waals surface area contributed by atoms with E-state index >= 15 is 0 Å². The first kappa shape index (κ1) is 21.2. The van der Waals surface area contributed by atoms with Crippen LogP contribution in [-0.2, 0) is 11.2 Å². The number of morpholine rings is 1. The lowest BCUT2D eigenvalue weighted by Crippen LogP contribution is -2.38. The van der Waals surface area contributed by atoms with Gasteiger partial charge in [-0.05, 0) is 35.9 Å². The molecule has 0 radical (unpaired) electrons. The van der Waals surface area contributed by atoms with Gasteiger partial charge in [0.2, 0.25) is 0 Å². The van der Waals surface area contributed by atoms with Crippen LogP contribution in [0, 0.1) is 0 Å². The molecule has 4 heterocycles. The summed E-state index contributed by atoms with van der Waals surface area (Å²) in [5.41, 5.74) is 4.75. The Bertz CT molecular complexity index is 1160. The van der Waals surface area contributed by atoms with Crippen LogP contribution in [0.2, 0.25) is 0 Å². The van der Waals surface area contributed by atoms with Gasteiger partial charge in [0, 0.05) is 55.8 Å². The molecule has 1 aromatic carbocycles. The van der Waals surface area contributed by atoms with E-state index in [0.29, 0.717) is 13.0 Å². The average Bonchev–Trinajstić information content (AvgIpc) is 3.37. The molecule has 168 valence electrons. The topological polar surface area (TPSA) is 89.0 Å². The maximum absolute atomic E-state index is 5.91. The van der Waals surface area contributed by atoms with Gasteiger partial charge in [-0.15, -0.1) is 0 Å². The summed E-state index contributed by atoms with van der Waals surface area (Å²) in [5, 5.41) is 7.28. The molecule has 8 heteroatoms. The molecule has 0 saturated carbocycles. The summed E-state index contributed by atoms with van der Waals surface area (Å²) in [4.78, 5) is 15.8. The number of H-pyrrole nitrogens is 1. The fraction of sp³-hybridized carbons (Fsp3) is 0.280. The van der Waals surface area contributed by atoms with Crippen molar-refractivity contribution >= 4 is 0 Å². The lowest BCUT2D eigenvalue weighted by molar-refractivity contribution is 0.0322. The second kappa shape index (κ2) is 10.3. The predicted molar refractivity (Wildman–Crippen MR) is 125 cm³/mol. The summed E-state index contributed by atoms with van der Waals surface area (Å²) in [5.74, 6) is 1.63. The van der Waals surface area contributed by atoms with Crippen molar-refractivity contribution in [3.05, 3.63) is 78.6 Å². The third-order valence-electron chi connectivity index (χ3n) is 5.64. The molecule has 8 nitrogen and oxygen atoms in total. The van der Waals surface area contributed by atoms with Gasteiger partial charge in [-0.3, -0.25) is 15.0 Å². The highest BCUT2D eigenvalue weighted by Crippen LogP contribution is 2.28. The molecular formula is C25H26N6O2. The second-order valence-corrected chi connectivity index (χ2v) is 7.88. The molecule has 1 aliphatic rings. The molecule has 0 aliphatic carbocycles. The summed E-state index contributed by atoms with van der Waals surface area (Å²) in [7, 11) is 0. The zero-order chi connectivity index (χ0) is 22.3. The Labute approximate surface area is 192 Å². The molecule has 4 aromatic rings. The van der Waals surface area contributed by atoms with Crippen molar-refractivity contribution < 1.29 is 9.47 Å². The molecule has 1 N–H and O–H groups in total. The largest absolute Gasteiger partial charge is 0.492 e. The van der Waals surface area contributed by atoms with Gasteiger partial charge in [0.25, 0.3) is 0 Å². The third-order valence-corrected chi connectivity index (χ3v) is 5.64. The normalized spacial score (nSPS) is 14.3. The highest BCUT2D eigenvalue weighted by Gasteiger charge is 2.13. The van der Waals surface area contributed by atoms with E-state index in [0.717, 1.165) is 72.5 Å². The lowest BCUT2D eigenvalue weighted by Gasteiger charge is -2.26. The van der Waals surface area contributed by atoms with Crippen LogP contribution in [0.1, 0.15) is 11.4 Å². The van der Waals surface area contributed by atoms with Gasteiger partial charge in [-0.2, -0.15) is 5.10 Å². The Morgan fingerprint density at radius 1 is 1.00 bits per heavy atom. The van der Waals surface area contributed by atoms with Crippen LogP contribution in [0.25, 0.3) is 22.5 Å². The Balaban J connectivity index is 1.22. The molecule has 0 spiro atoms. The zero-order valence-electron chi connectivity index (χ0n) is 18.4. The van der Waals surface area contributed by atoms with Crippen LogP contribution >= 0.6 is 0 Å². The van der Waals surface area contributed by atoms with E-state index in [9.17, 15) is 0 Å². The first-order valence-electron chi connectivity index (χ1n) is 11.1. The maximum atomic E-state index is 5.91.